The van der Waals surface area contributed by atoms with Crippen molar-refractivity contribution in [2.75, 3.05) is 5.32 Å². The molecule has 0 spiro atoms. The third-order valence-corrected chi connectivity index (χ3v) is 8.51. The van der Waals surface area contributed by atoms with Crippen LogP contribution in [0.4, 0.5) is 10.1 Å². The van der Waals surface area contributed by atoms with E-state index in [0.29, 0.717) is 5.69 Å². The Bertz CT molecular complexity index is 1680. The topological polar surface area (TPSA) is 89.2 Å². The van der Waals surface area contributed by atoms with Crippen molar-refractivity contribution in [3.05, 3.63) is 104 Å². The van der Waals surface area contributed by atoms with Crippen LogP contribution in [0.2, 0.25) is 10.3 Å². The lowest BCUT2D eigenvalue weighted by Crippen LogP contribution is -2.22. The Morgan fingerprint density at radius 2 is 2.00 bits per heavy atom. The first-order chi connectivity index (χ1) is 19.6. The molecule has 7 nitrogen and oxygen atoms in total. The number of anilines is 1. The third kappa shape index (κ3) is 5.76. The van der Waals surface area contributed by atoms with Gasteiger partial charge in [0.2, 0.25) is 11.2 Å². The normalized spacial score (nSPS) is 21.4. The van der Waals surface area contributed by atoms with Gasteiger partial charge in [-0.2, -0.15) is 0 Å². The molecule has 2 aromatic heterocycles. The number of benzene rings is 1. The van der Waals surface area contributed by atoms with Crippen molar-refractivity contribution in [1.29, 1.82) is 0 Å². The average Bonchev–Trinajstić information content (AvgIpc) is 3.85. The SMILES string of the molecule is C/C=C/N=C(/C=C/n1c(C)cc(C2C(C)C2c2ccnc(Cl)n2)c(Cl)c1=O)c1cccc(NC(=O)C2(C)CC2)c1F. The van der Waals surface area contributed by atoms with E-state index in [-0.39, 0.29) is 56.5 Å². The van der Waals surface area contributed by atoms with Gasteiger partial charge in [0.05, 0.1) is 11.4 Å². The lowest BCUT2D eigenvalue weighted by atomic mass is 10.1. The molecular weight excluding hydrogens is 564 g/mol. The van der Waals surface area contributed by atoms with Gasteiger partial charge in [0.15, 0.2) is 5.82 Å². The molecule has 2 aliphatic carbocycles. The predicted octanol–water partition coefficient (Wildman–Crippen LogP) is 7.14. The second-order valence-electron chi connectivity index (χ2n) is 10.9. The lowest BCUT2D eigenvalue weighted by molar-refractivity contribution is -0.120. The van der Waals surface area contributed by atoms with E-state index >= 15 is 4.39 Å². The first kappa shape index (κ1) is 28.9. The number of aliphatic imine (C=N–C) groups is 1. The van der Waals surface area contributed by atoms with Crippen LogP contribution in [0.25, 0.3) is 6.20 Å². The summed E-state index contributed by atoms with van der Waals surface area (Å²) in [5.41, 5.74) is 1.94. The van der Waals surface area contributed by atoms with Crippen molar-refractivity contribution in [1.82, 2.24) is 14.5 Å². The van der Waals surface area contributed by atoms with Crippen molar-refractivity contribution in [3.8, 4) is 0 Å². The van der Waals surface area contributed by atoms with Crippen molar-refractivity contribution in [2.45, 2.75) is 52.4 Å². The van der Waals surface area contributed by atoms with Gasteiger partial charge in [-0.3, -0.25) is 19.1 Å². The standard InChI is InChI=1S/C31H30Cl2FN5O2/c1-5-13-35-21(19-7-6-8-23(27(19)34)37-29(41)31(4)11-12-31)10-15-39-17(2)16-20(26(32)28(39)40)24-18(3)25(24)22-9-14-36-30(33)38-22/h5-10,13-16,18,24-25H,11-12H2,1-4H3,(H,37,41)/b13-5+,15-10+,35-21-. The molecule has 2 saturated carbocycles. The number of halogens is 3. The molecule has 212 valence electrons. The van der Waals surface area contributed by atoms with Crippen LogP contribution in [-0.2, 0) is 4.79 Å². The maximum Gasteiger partial charge on any atom is 0.273 e. The highest BCUT2D eigenvalue weighted by atomic mass is 35.5. The first-order valence-corrected chi connectivity index (χ1v) is 14.2. The van der Waals surface area contributed by atoms with E-state index in [9.17, 15) is 9.59 Å². The molecule has 41 heavy (non-hydrogen) atoms. The van der Waals surface area contributed by atoms with Crippen molar-refractivity contribution in [2.24, 2.45) is 16.3 Å². The highest BCUT2D eigenvalue weighted by molar-refractivity contribution is 6.31. The van der Waals surface area contributed by atoms with Gasteiger partial charge in [-0.15, -0.1) is 0 Å². The van der Waals surface area contributed by atoms with Gasteiger partial charge in [-0.1, -0.05) is 37.6 Å². The molecule has 2 aliphatic rings. The zero-order valence-corrected chi connectivity index (χ0v) is 24.7. The lowest BCUT2D eigenvalue weighted by Gasteiger charge is -2.13. The largest absolute Gasteiger partial charge is 0.323 e. The quantitative estimate of drug-likeness (QED) is 0.222. The fourth-order valence-corrected chi connectivity index (χ4v) is 5.54. The molecule has 1 N–H and O–H groups in total. The van der Waals surface area contributed by atoms with Crippen LogP contribution in [0.5, 0.6) is 0 Å². The minimum Gasteiger partial charge on any atom is -0.323 e. The number of hydrogen-bond donors (Lipinski definition) is 1. The van der Waals surface area contributed by atoms with Crippen LogP contribution < -0.4 is 10.9 Å². The highest BCUT2D eigenvalue weighted by Crippen LogP contribution is 2.60. The Balaban J connectivity index is 1.45. The zero-order valence-electron chi connectivity index (χ0n) is 23.2. The average molecular weight is 595 g/mol. The molecule has 10 heteroatoms. The number of rotatable bonds is 8. The van der Waals surface area contributed by atoms with Gasteiger partial charge < -0.3 is 5.32 Å². The number of hydrogen-bond acceptors (Lipinski definition) is 5. The summed E-state index contributed by atoms with van der Waals surface area (Å²) in [6, 6.07) is 8.49. The summed E-state index contributed by atoms with van der Waals surface area (Å²) in [5, 5.41) is 3.01. The third-order valence-electron chi connectivity index (χ3n) is 7.95. The maximum absolute atomic E-state index is 15.6. The number of carbonyl (C=O) groups is 1. The van der Waals surface area contributed by atoms with Crippen LogP contribution in [0.3, 0.4) is 0 Å². The summed E-state index contributed by atoms with van der Waals surface area (Å²) in [5.74, 6) is -0.482. The zero-order chi connectivity index (χ0) is 29.5. The molecule has 0 bridgehead atoms. The number of carbonyl (C=O) groups excluding carboxylic acids is 1. The number of allylic oxidation sites excluding steroid dienone is 2. The second-order valence-corrected chi connectivity index (χ2v) is 11.6. The minimum atomic E-state index is -0.603. The van der Waals surface area contributed by atoms with Crippen LogP contribution >= 0.6 is 23.2 Å². The Kier molecular flexibility index (Phi) is 7.99. The van der Waals surface area contributed by atoms with Gasteiger partial charge in [0, 0.05) is 46.9 Å². The van der Waals surface area contributed by atoms with E-state index in [1.807, 2.05) is 26.0 Å². The van der Waals surface area contributed by atoms with Gasteiger partial charge in [0.1, 0.15) is 5.02 Å². The van der Waals surface area contributed by atoms with E-state index in [0.717, 1.165) is 24.1 Å². The van der Waals surface area contributed by atoms with Crippen molar-refractivity contribution in [3.63, 3.8) is 0 Å². The molecule has 0 saturated heterocycles. The molecule has 1 amide bonds. The summed E-state index contributed by atoms with van der Waals surface area (Å²) in [7, 11) is 0. The fourth-order valence-electron chi connectivity index (χ4n) is 5.12. The number of nitrogens with zero attached hydrogens (tertiary/aromatic N) is 4. The summed E-state index contributed by atoms with van der Waals surface area (Å²) in [4.78, 5) is 38.6. The summed E-state index contributed by atoms with van der Waals surface area (Å²) >= 11 is 12.6. The van der Waals surface area contributed by atoms with Crippen LogP contribution in [0.15, 0.2) is 64.7 Å². The van der Waals surface area contributed by atoms with E-state index in [1.165, 1.54) is 23.0 Å². The van der Waals surface area contributed by atoms with Crippen molar-refractivity contribution < 1.29 is 9.18 Å². The second kappa shape index (κ2) is 11.3. The summed E-state index contributed by atoms with van der Waals surface area (Å²) in [6.45, 7) is 7.55. The molecule has 2 fully saturated rings. The summed E-state index contributed by atoms with van der Waals surface area (Å²) in [6.07, 6.45) is 9.52. The molecule has 3 atom stereocenters. The van der Waals surface area contributed by atoms with E-state index in [2.05, 4.69) is 27.2 Å². The van der Waals surface area contributed by atoms with Crippen LogP contribution in [0, 0.1) is 24.1 Å². The van der Waals surface area contributed by atoms with Crippen LogP contribution in [-0.4, -0.2) is 26.2 Å². The Hall–Kier alpha value is -3.62. The fraction of sp³-hybridized carbons (Fsp3) is 0.323. The van der Waals surface area contributed by atoms with Gasteiger partial charge in [-0.05, 0) is 86.0 Å². The molecule has 3 aromatic rings. The van der Waals surface area contributed by atoms with Gasteiger partial charge in [0.25, 0.3) is 5.56 Å². The smallest absolute Gasteiger partial charge is 0.273 e. The molecule has 3 unspecified atom stereocenters. The molecule has 0 radical (unpaired) electrons. The Morgan fingerprint density at radius 3 is 2.68 bits per heavy atom. The number of aromatic nitrogens is 3. The molecule has 2 heterocycles. The number of amides is 1. The predicted molar refractivity (Wildman–Crippen MR) is 161 cm³/mol. The molecule has 5 rings (SSSR count). The number of nitrogens with one attached hydrogen (secondary N) is 1. The van der Waals surface area contributed by atoms with E-state index in [4.69, 9.17) is 23.2 Å². The molecule has 0 aliphatic heterocycles. The van der Waals surface area contributed by atoms with Crippen molar-refractivity contribution >= 4 is 46.7 Å². The first-order valence-electron chi connectivity index (χ1n) is 13.4. The number of aryl methyl sites for hydroxylation is 1. The van der Waals surface area contributed by atoms with E-state index < -0.39 is 11.2 Å². The summed E-state index contributed by atoms with van der Waals surface area (Å²) < 4.78 is 17.0. The van der Waals surface area contributed by atoms with E-state index in [1.54, 1.807) is 37.4 Å². The van der Waals surface area contributed by atoms with Gasteiger partial charge in [-0.25, -0.2) is 14.4 Å². The minimum absolute atomic E-state index is 0.0234. The Labute approximate surface area is 247 Å². The monoisotopic (exact) mass is 593 g/mol. The van der Waals surface area contributed by atoms with Gasteiger partial charge >= 0.3 is 0 Å². The number of pyridine rings is 1. The molecule has 1 aromatic carbocycles. The maximum atomic E-state index is 15.6. The highest BCUT2D eigenvalue weighted by Gasteiger charge is 2.50. The Morgan fingerprint density at radius 1 is 1.24 bits per heavy atom. The molecular formula is C31H30Cl2FN5O2. The van der Waals surface area contributed by atoms with Crippen LogP contribution in [0.1, 0.15) is 68.0 Å².